The monoisotopic (exact) mass is 306 g/mol. The summed E-state index contributed by atoms with van der Waals surface area (Å²) < 4.78 is 0. The zero-order valence-corrected chi connectivity index (χ0v) is 12.7. The molecule has 0 aliphatic heterocycles. The number of rotatable bonds is 7. The van der Waals surface area contributed by atoms with Crippen LogP contribution in [0.4, 0.5) is 0 Å². The molecule has 2 aromatic rings. The molecule has 0 saturated heterocycles. The Labute approximate surface area is 127 Å². The van der Waals surface area contributed by atoms with E-state index in [-0.39, 0.29) is 0 Å². The van der Waals surface area contributed by atoms with E-state index in [0.29, 0.717) is 11.5 Å². The van der Waals surface area contributed by atoms with Crippen molar-refractivity contribution in [3.05, 3.63) is 71.8 Å². The van der Waals surface area contributed by atoms with Crippen molar-refractivity contribution < 1.29 is 10.2 Å². The first-order valence-electron chi connectivity index (χ1n) is 6.48. The first kappa shape index (κ1) is 15.4. The molecule has 20 heavy (non-hydrogen) atoms. The molecular weight excluding hydrogens is 288 g/mol. The Kier molecular flexibility index (Phi) is 6.47. The van der Waals surface area contributed by atoms with Gasteiger partial charge in [-0.15, -0.1) is 0 Å². The van der Waals surface area contributed by atoms with E-state index in [1.165, 1.54) is 0 Å². The van der Waals surface area contributed by atoms with Crippen molar-refractivity contribution in [2.24, 2.45) is 0 Å². The van der Waals surface area contributed by atoms with Crippen LogP contribution in [0.1, 0.15) is 23.3 Å². The Bertz CT molecular complexity index is 443. The van der Waals surface area contributed by atoms with Crippen LogP contribution in [0.15, 0.2) is 60.7 Å². The van der Waals surface area contributed by atoms with Gasteiger partial charge in [-0.05, 0) is 11.1 Å². The number of hydrogen-bond donors (Lipinski definition) is 2. The van der Waals surface area contributed by atoms with E-state index in [9.17, 15) is 10.2 Å². The maximum Gasteiger partial charge on any atom is 0.0888 e. The molecule has 2 N–H and O–H groups in total. The van der Waals surface area contributed by atoms with Crippen LogP contribution in [0.5, 0.6) is 0 Å². The fraction of sp³-hybridized carbons (Fsp3) is 0.250. The van der Waals surface area contributed by atoms with Gasteiger partial charge in [0.25, 0.3) is 0 Å². The predicted molar refractivity (Wildman–Crippen MR) is 87.7 cm³/mol. The lowest BCUT2D eigenvalue weighted by atomic mass is 10.1. The molecular formula is C16H18O2S2. The van der Waals surface area contributed by atoms with Crippen LogP contribution in [0.3, 0.4) is 0 Å². The summed E-state index contributed by atoms with van der Waals surface area (Å²) in [5.41, 5.74) is 1.87. The van der Waals surface area contributed by atoms with Crippen molar-refractivity contribution >= 4 is 21.6 Å². The van der Waals surface area contributed by atoms with E-state index in [1.54, 1.807) is 21.6 Å². The molecule has 0 fully saturated rings. The normalized spacial score (nSPS) is 13.9. The molecule has 2 atom stereocenters. The Morgan fingerprint density at radius 3 is 1.35 bits per heavy atom. The molecule has 0 heterocycles. The van der Waals surface area contributed by atoms with E-state index in [4.69, 9.17) is 0 Å². The number of benzene rings is 2. The lowest BCUT2D eigenvalue weighted by molar-refractivity contribution is 0.203. The second-order valence-corrected chi connectivity index (χ2v) is 6.97. The van der Waals surface area contributed by atoms with E-state index in [2.05, 4.69) is 0 Å². The van der Waals surface area contributed by atoms with Gasteiger partial charge < -0.3 is 10.2 Å². The predicted octanol–water partition coefficient (Wildman–Crippen LogP) is 3.84. The summed E-state index contributed by atoms with van der Waals surface area (Å²) in [4.78, 5) is 0. The first-order chi connectivity index (χ1) is 9.77. The number of hydrogen-bond acceptors (Lipinski definition) is 4. The molecule has 0 saturated carbocycles. The minimum absolute atomic E-state index is 0.456. The van der Waals surface area contributed by atoms with Gasteiger partial charge in [0.1, 0.15) is 0 Å². The standard InChI is InChI=1S/C16H18O2S2/c17-15(13-7-3-1-4-8-13)11-19-20-12-16(18)14-9-5-2-6-10-14/h1-10,15-18H,11-12H2. The average molecular weight is 306 g/mol. The van der Waals surface area contributed by atoms with Gasteiger partial charge in [-0.2, -0.15) is 0 Å². The van der Waals surface area contributed by atoms with Crippen LogP contribution in [0.2, 0.25) is 0 Å². The molecule has 2 nitrogen and oxygen atoms in total. The third kappa shape index (κ3) is 4.87. The maximum atomic E-state index is 10.0. The van der Waals surface area contributed by atoms with Crippen LogP contribution in [-0.4, -0.2) is 21.7 Å². The molecule has 2 unspecified atom stereocenters. The molecule has 0 spiro atoms. The van der Waals surface area contributed by atoms with Crippen LogP contribution >= 0.6 is 21.6 Å². The largest absolute Gasteiger partial charge is 0.388 e. The highest BCUT2D eigenvalue weighted by atomic mass is 33.1. The van der Waals surface area contributed by atoms with Gasteiger partial charge in [-0.3, -0.25) is 0 Å². The van der Waals surface area contributed by atoms with Crippen LogP contribution in [0, 0.1) is 0 Å². The second kappa shape index (κ2) is 8.37. The molecule has 0 aromatic heterocycles. The van der Waals surface area contributed by atoms with E-state index in [0.717, 1.165) is 11.1 Å². The fourth-order valence-electron chi connectivity index (χ4n) is 1.77. The van der Waals surface area contributed by atoms with E-state index < -0.39 is 12.2 Å². The summed E-state index contributed by atoms with van der Waals surface area (Å²) >= 11 is 0. The molecule has 0 bridgehead atoms. The van der Waals surface area contributed by atoms with Gasteiger partial charge in [0.15, 0.2) is 0 Å². The van der Waals surface area contributed by atoms with E-state index >= 15 is 0 Å². The summed E-state index contributed by atoms with van der Waals surface area (Å²) in [7, 11) is 3.17. The molecule has 0 aliphatic rings. The molecule has 0 radical (unpaired) electrons. The fourth-order valence-corrected chi connectivity index (χ4v) is 3.95. The van der Waals surface area contributed by atoms with Gasteiger partial charge in [0.05, 0.1) is 12.2 Å². The van der Waals surface area contributed by atoms with Gasteiger partial charge in [0.2, 0.25) is 0 Å². The van der Waals surface area contributed by atoms with Gasteiger partial charge in [-0.25, -0.2) is 0 Å². The van der Waals surface area contributed by atoms with Crippen LogP contribution in [0.25, 0.3) is 0 Å². The van der Waals surface area contributed by atoms with Crippen molar-refractivity contribution in [2.45, 2.75) is 12.2 Å². The molecule has 0 amide bonds. The number of aliphatic hydroxyl groups excluding tert-OH is 2. The summed E-state index contributed by atoms with van der Waals surface area (Å²) in [6.45, 7) is 0. The Balaban J connectivity index is 1.69. The lowest BCUT2D eigenvalue weighted by Crippen LogP contribution is -2.01. The van der Waals surface area contributed by atoms with Crippen molar-refractivity contribution in [1.82, 2.24) is 0 Å². The summed E-state index contributed by atoms with van der Waals surface area (Å²) in [6.07, 6.45) is -0.912. The zero-order valence-electron chi connectivity index (χ0n) is 11.1. The van der Waals surface area contributed by atoms with Crippen LogP contribution in [-0.2, 0) is 0 Å². The highest BCUT2D eigenvalue weighted by Gasteiger charge is 2.10. The Morgan fingerprint density at radius 1 is 0.650 bits per heavy atom. The van der Waals surface area contributed by atoms with Crippen LogP contribution < -0.4 is 0 Å². The smallest absolute Gasteiger partial charge is 0.0888 e. The highest BCUT2D eigenvalue weighted by molar-refractivity contribution is 8.76. The Morgan fingerprint density at radius 2 is 1.00 bits per heavy atom. The number of aliphatic hydroxyl groups is 2. The second-order valence-electron chi connectivity index (χ2n) is 4.42. The lowest BCUT2D eigenvalue weighted by Gasteiger charge is -2.12. The van der Waals surface area contributed by atoms with Gasteiger partial charge >= 0.3 is 0 Å². The molecule has 0 aliphatic carbocycles. The van der Waals surface area contributed by atoms with Gasteiger partial charge in [0, 0.05) is 11.5 Å². The van der Waals surface area contributed by atoms with E-state index in [1.807, 2.05) is 60.7 Å². The third-order valence-corrected chi connectivity index (χ3v) is 5.29. The van der Waals surface area contributed by atoms with Gasteiger partial charge in [-0.1, -0.05) is 82.3 Å². The minimum atomic E-state index is -0.456. The average Bonchev–Trinajstić information content (AvgIpc) is 2.53. The molecule has 4 heteroatoms. The minimum Gasteiger partial charge on any atom is -0.388 e. The topological polar surface area (TPSA) is 40.5 Å². The van der Waals surface area contributed by atoms with Crippen molar-refractivity contribution in [1.29, 1.82) is 0 Å². The maximum absolute atomic E-state index is 10.0. The quantitative estimate of drug-likeness (QED) is 0.602. The molecule has 2 aromatic carbocycles. The zero-order chi connectivity index (χ0) is 14.2. The van der Waals surface area contributed by atoms with Crippen molar-refractivity contribution in [3.63, 3.8) is 0 Å². The summed E-state index contributed by atoms with van der Waals surface area (Å²) in [5.74, 6) is 1.24. The SMILES string of the molecule is OC(CSSCC(O)c1ccccc1)c1ccccc1. The highest BCUT2D eigenvalue weighted by Crippen LogP contribution is 2.30. The Hall–Kier alpha value is -0.940. The molecule has 106 valence electrons. The van der Waals surface area contributed by atoms with Crippen molar-refractivity contribution in [2.75, 3.05) is 11.5 Å². The summed E-state index contributed by atoms with van der Waals surface area (Å²) in [6, 6.07) is 19.3. The van der Waals surface area contributed by atoms with Crippen molar-refractivity contribution in [3.8, 4) is 0 Å². The first-order valence-corrected chi connectivity index (χ1v) is 8.96. The summed E-state index contributed by atoms with van der Waals surface area (Å²) in [5, 5.41) is 20.0. The molecule has 2 rings (SSSR count). The third-order valence-electron chi connectivity index (χ3n) is 2.90.